The van der Waals surface area contributed by atoms with Crippen LogP contribution >= 0.6 is 25.3 Å². The molecule has 0 spiro atoms. The van der Waals surface area contributed by atoms with Crippen LogP contribution in [-0.4, -0.2) is 46.5 Å². The maximum absolute atomic E-state index is 10.7. The molecule has 0 heterocycles. The fourth-order valence-corrected chi connectivity index (χ4v) is 2.09. The van der Waals surface area contributed by atoms with Gasteiger partial charge in [-0.1, -0.05) is 53.0 Å². The van der Waals surface area contributed by atoms with Gasteiger partial charge in [0, 0.05) is 26.2 Å². The van der Waals surface area contributed by atoms with Crippen LogP contribution in [0.25, 0.3) is 0 Å². The normalized spacial score (nSPS) is 9.05. The zero-order valence-corrected chi connectivity index (χ0v) is 16.4. The molecule has 0 saturated carbocycles. The molecule has 0 radical (unpaired) electrons. The zero-order valence-electron chi connectivity index (χ0n) is 13.6. The summed E-state index contributed by atoms with van der Waals surface area (Å²) in [6.07, 6.45) is 4.03. The van der Waals surface area contributed by atoms with Crippen LogP contribution in [0.3, 0.4) is 0 Å². The maximum Gasteiger partial charge on any atom is 2.00 e. The van der Waals surface area contributed by atoms with E-state index >= 15 is 0 Å². The summed E-state index contributed by atoms with van der Waals surface area (Å²) in [5.74, 6) is 0. The van der Waals surface area contributed by atoms with E-state index in [4.69, 9.17) is 0 Å². The van der Waals surface area contributed by atoms with Crippen molar-refractivity contribution >= 4 is 35.7 Å². The number of hydrogen-bond donors (Lipinski definition) is 2. The van der Waals surface area contributed by atoms with E-state index in [1.54, 1.807) is 9.80 Å². The molecule has 0 N–H and O–H groups in total. The standard InChI is InChI=1S/2C7H15NOS.Ni/c2*1-3-5-8(6-4-2)7(9)10;/h2*3-6H2,1-2H3,(H,9,10);/q;;+2. The number of carbonyl (C=O) groups is 2. The third kappa shape index (κ3) is 16.3. The van der Waals surface area contributed by atoms with Gasteiger partial charge in [-0.25, -0.2) is 0 Å². The molecule has 0 aliphatic carbocycles. The van der Waals surface area contributed by atoms with Crippen LogP contribution in [0, 0.1) is 0 Å². The first-order chi connectivity index (χ1) is 9.44. The Kier molecular flexibility index (Phi) is 22.6. The zero-order chi connectivity index (χ0) is 16.0. The molecule has 128 valence electrons. The van der Waals surface area contributed by atoms with Gasteiger partial charge in [0.15, 0.2) is 0 Å². The van der Waals surface area contributed by atoms with E-state index in [1.165, 1.54) is 0 Å². The van der Waals surface area contributed by atoms with Crippen LogP contribution in [0.4, 0.5) is 9.59 Å². The quantitative estimate of drug-likeness (QED) is 0.486. The fourth-order valence-electron chi connectivity index (χ4n) is 1.69. The van der Waals surface area contributed by atoms with Crippen molar-refractivity contribution in [2.45, 2.75) is 53.4 Å². The van der Waals surface area contributed by atoms with Crippen LogP contribution in [0.15, 0.2) is 0 Å². The number of nitrogens with zero attached hydrogens (tertiary/aromatic N) is 2. The molecule has 0 aromatic rings. The van der Waals surface area contributed by atoms with Crippen molar-refractivity contribution in [3.05, 3.63) is 0 Å². The Morgan fingerprint density at radius 3 is 0.952 bits per heavy atom. The van der Waals surface area contributed by atoms with E-state index in [9.17, 15) is 9.59 Å². The molecule has 0 fully saturated rings. The Morgan fingerprint density at radius 2 is 0.857 bits per heavy atom. The molecule has 0 unspecified atom stereocenters. The Hall–Kier alpha value is 0.134. The molecule has 0 aliphatic rings. The first kappa shape index (κ1) is 26.1. The van der Waals surface area contributed by atoms with E-state index < -0.39 is 0 Å². The third-order valence-electron chi connectivity index (χ3n) is 2.52. The Morgan fingerprint density at radius 1 is 0.667 bits per heavy atom. The average Bonchev–Trinajstić information content (AvgIpc) is 2.38. The molecular formula is C14H30N2NiO2S2+2. The molecule has 4 nitrogen and oxygen atoms in total. The molecule has 0 bridgehead atoms. The summed E-state index contributed by atoms with van der Waals surface area (Å²) in [6.45, 7) is 11.5. The Bertz CT molecular complexity index is 231. The minimum atomic E-state index is -0.108. The number of thiol groups is 2. The molecule has 21 heavy (non-hydrogen) atoms. The van der Waals surface area contributed by atoms with Gasteiger partial charge in [0.2, 0.25) is 0 Å². The van der Waals surface area contributed by atoms with E-state index in [2.05, 4.69) is 53.0 Å². The second kappa shape index (κ2) is 18.2. The minimum absolute atomic E-state index is 0. The molecular weight excluding hydrogens is 351 g/mol. The first-order valence-electron chi connectivity index (χ1n) is 7.40. The predicted octanol–water partition coefficient (Wildman–Crippen LogP) is 4.31. The topological polar surface area (TPSA) is 40.6 Å². The maximum atomic E-state index is 10.7. The van der Waals surface area contributed by atoms with Gasteiger partial charge in [-0.05, 0) is 25.7 Å². The molecule has 0 aromatic heterocycles. The number of rotatable bonds is 8. The van der Waals surface area contributed by atoms with Crippen LogP contribution < -0.4 is 0 Å². The van der Waals surface area contributed by atoms with Gasteiger partial charge >= 0.3 is 16.5 Å². The minimum Gasteiger partial charge on any atom is -0.334 e. The number of amides is 2. The summed E-state index contributed by atoms with van der Waals surface area (Å²) in [4.78, 5) is 24.9. The second-order valence-electron chi connectivity index (χ2n) is 4.54. The summed E-state index contributed by atoms with van der Waals surface area (Å²) >= 11 is 7.50. The van der Waals surface area contributed by atoms with Crippen molar-refractivity contribution in [2.75, 3.05) is 26.2 Å². The third-order valence-corrected chi connectivity index (χ3v) is 3.08. The molecule has 0 aliphatic heterocycles. The van der Waals surface area contributed by atoms with Crippen molar-refractivity contribution in [1.82, 2.24) is 9.80 Å². The fraction of sp³-hybridized carbons (Fsp3) is 0.857. The second-order valence-corrected chi connectivity index (χ2v) is 5.30. The van der Waals surface area contributed by atoms with Crippen LogP contribution in [-0.2, 0) is 16.5 Å². The summed E-state index contributed by atoms with van der Waals surface area (Å²) in [6, 6.07) is 0. The Balaban J connectivity index is -0.000000295. The SMILES string of the molecule is CCCN(CCC)C(=O)S.CCCN(CCC)C(=O)S.[Ni+2]. The smallest absolute Gasteiger partial charge is 0.334 e. The van der Waals surface area contributed by atoms with Crippen molar-refractivity contribution < 1.29 is 26.1 Å². The molecule has 2 amide bonds. The summed E-state index contributed by atoms with van der Waals surface area (Å²) < 4.78 is 0. The van der Waals surface area contributed by atoms with Crippen molar-refractivity contribution in [3.8, 4) is 0 Å². The number of carbonyl (C=O) groups excluding carboxylic acids is 2. The van der Waals surface area contributed by atoms with Gasteiger partial charge in [-0.15, -0.1) is 0 Å². The monoisotopic (exact) mass is 380 g/mol. The van der Waals surface area contributed by atoms with Gasteiger partial charge in [0.1, 0.15) is 0 Å². The molecule has 0 aromatic carbocycles. The van der Waals surface area contributed by atoms with Gasteiger partial charge < -0.3 is 9.80 Å². The van der Waals surface area contributed by atoms with E-state index in [0.29, 0.717) is 0 Å². The molecule has 0 atom stereocenters. The van der Waals surface area contributed by atoms with Gasteiger partial charge in [0.25, 0.3) is 10.5 Å². The Labute approximate surface area is 151 Å². The van der Waals surface area contributed by atoms with E-state index in [-0.39, 0.29) is 27.0 Å². The summed E-state index contributed by atoms with van der Waals surface area (Å²) in [5.41, 5.74) is 0. The van der Waals surface area contributed by atoms with Crippen LogP contribution in [0.1, 0.15) is 53.4 Å². The van der Waals surface area contributed by atoms with E-state index in [0.717, 1.165) is 51.9 Å². The number of hydrogen-bond acceptors (Lipinski definition) is 2. The van der Waals surface area contributed by atoms with Crippen LogP contribution in [0.5, 0.6) is 0 Å². The van der Waals surface area contributed by atoms with Gasteiger partial charge in [-0.2, -0.15) is 0 Å². The van der Waals surface area contributed by atoms with Crippen LogP contribution in [0.2, 0.25) is 0 Å². The van der Waals surface area contributed by atoms with Crippen molar-refractivity contribution in [2.24, 2.45) is 0 Å². The van der Waals surface area contributed by atoms with Gasteiger partial charge in [-0.3, -0.25) is 9.59 Å². The first-order valence-corrected chi connectivity index (χ1v) is 8.29. The van der Waals surface area contributed by atoms with Crippen molar-refractivity contribution in [3.63, 3.8) is 0 Å². The van der Waals surface area contributed by atoms with Crippen molar-refractivity contribution in [1.29, 1.82) is 0 Å². The molecule has 0 saturated heterocycles. The molecule has 0 rings (SSSR count). The summed E-state index contributed by atoms with van der Waals surface area (Å²) in [7, 11) is 0. The van der Waals surface area contributed by atoms with Gasteiger partial charge in [0.05, 0.1) is 0 Å². The predicted molar refractivity (Wildman–Crippen MR) is 93.1 cm³/mol. The average molecular weight is 381 g/mol. The van der Waals surface area contributed by atoms with E-state index in [1.807, 2.05) is 0 Å². The molecule has 7 heteroatoms. The summed E-state index contributed by atoms with van der Waals surface area (Å²) in [5, 5.41) is -0.215. The largest absolute Gasteiger partial charge is 2.00 e.